The third-order valence-electron chi connectivity index (χ3n) is 2.41. The number of alkyl halides is 3. The minimum atomic E-state index is -4.71. The van der Waals surface area contributed by atoms with Gasteiger partial charge in [0.05, 0.1) is 17.1 Å². The van der Waals surface area contributed by atoms with Crippen LogP contribution in [-0.4, -0.2) is 23.6 Å². The summed E-state index contributed by atoms with van der Waals surface area (Å²) in [4.78, 5) is 21.2. The van der Waals surface area contributed by atoms with E-state index in [0.717, 1.165) is 6.07 Å². The molecule has 0 spiro atoms. The zero-order valence-electron chi connectivity index (χ0n) is 11.1. The maximum Gasteiger partial charge on any atom is 0.416 e. The molecule has 0 radical (unpaired) electrons. The lowest BCUT2D eigenvalue weighted by molar-refractivity contribution is -0.386. The molecule has 0 bridgehead atoms. The van der Waals surface area contributed by atoms with E-state index in [0.29, 0.717) is 12.1 Å². The molecule has 0 aliphatic carbocycles. The van der Waals surface area contributed by atoms with Crippen molar-refractivity contribution in [1.29, 1.82) is 0 Å². The molecule has 21 heavy (non-hydrogen) atoms. The summed E-state index contributed by atoms with van der Waals surface area (Å²) in [6.07, 6.45) is -5.89. The monoisotopic (exact) mass is 307 g/mol. The average molecular weight is 307 g/mol. The van der Waals surface area contributed by atoms with Crippen LogP contribution in [0.4, 0.5) is 18.9 Å². The quantitative estimate of drug-likeness (QED) is 0.475. The van der Waals surface area contributed by atoms with Gasteiger partial charge in [-0.05, 0) is 26.0 Å². The Morgan fingerprint density at radius 2 is 2.05 bits per heavy atom. The first-order chi connectivity index (χ1) is 9.66. The molecular formula is C12H12F3NO5. The molecule has 0 saturated carbocycles. The molecule has 1 rings (SSSR count). The largest absolute Gasteiger partial charge is 0.472 e. The van der Waals surface area contributed by atoms with E-state index in [2.05, 4.69) is 4.74 Å². The number of esters is 1. The summed E-state index contributed by atoms with van der Waals surface area (Å²) in [5.74, 6) is -1.21. The Kier molecular flexibility index (Phi) is 5.12. The Hall–Kier alpha value is -2.32. The third kappa shape index (κ3) is 4.33. The number of nitro groups is 1. The number of hydrogen-bond acceptors (Lipinski definition) is 5. The van der Waals surface area contributed by atoms with Crippen LogP contribution >= 0.6 is 0 Å². The number of carbonyl (C=O) groups is 1. The lowest BCUT2D eigenvalue weighted by Crippen LogP contribution is -2.26. The van der Waals surface area contributed by atoms with Gasteiger partial charge in [-0.3, -0.25) is 10.1 Å². The maximum atomic E-state index is 12.5. The highest BCUT2D eigenvalue weighted by Gasteiger charge is 2.34. The molecule has 0 aromatic heterocycles. The van der Waals surface area contributed by atoms with Gasteiger partial charge in [-0.2, -0.15) is 13.2 Å². The average Bonchev–Trinajstić information content (AvgIpc) is 2.37. The molecule has 0 N–H and O–H groups in total. The van der Waals surface area contributed by atoms with Crippen LogP contribution in [0.2, 0.25) is 0 Å². The van der Waals surface area contributed by atoms with Crippen molar-refractivity contribution >= 4 is 11.7 Å². The fourth-order valence-electron chi connectivity index (χ4n) is 1.43. The number of ether oxygens (including phenoxy) is 2. The van der Waals surface area contributed by atoms with Gasteiger partial charge in [0.15, 0.2) is 11.9 Å². The summed E-state index contributed by atoms with van der Waals surface area (Å²) in [7, 11) is 0. The number of nitrogens with zero attached hydrogens (tertiary/aromatic N) is 1. The number of hydrogen-bond donors (Lipinski definition) is 0. The highest BCUT2D eigenvalue weighted by Crippen LogP contribution is 2.36. The van der Waals surface area contributed by atoms with Crippen LogP contribution in [0.15, 0.2) is 18.2 Å². The van der Waals surface area contributed by atoms with E-state index in [1.165, 1.54) is 6.92 Å². The molecule has 9 heteroatoms. The molecule has 116 valence electrons. The lowest BCUT2D eigenvalue weighted by Gasteiger charge is -2.14. The van der Waals surface area contributed by atoms with Crippen LogP contribution in [0.3, 0.4) is 0 Å². The summed E-state index contributed by atoms with van der Waals surface area (Å²) >= 11 is 0. The summed E-state index contributed by atoms with van der Waals surface area (Å²) < 4.78 is 47.2. The number of rotatable bonds is 5. The molecule has 0 amide bonds. The van der Waals surface area contributed by atoms with Crippen molar-refractivity contribution in [2.45, 2.75) is 26.1 Å². The molecule has 0 heterocycles. The predicted octanol–water partition coefficient (Wildman–Crippen LogP) is 2.94. The number of nitro benzene ring substituents is 1. The Balaban J connectivity index is 3.08. The van der Waals surface area contributed by atoms with Gasteiger partial charge in [-0.25, -0.2) is 4.79 Å². The van der Waals surface area contributed by atoms with E-state index in [1.54, 1.807) is 6.92 Å². The minimum absolute atomic E-state index is 0.0850. The van der Waals surface area contributed by atoms with E-state index in [1.807, 2.05) is 0 Å². The van der Waals surface area contributed by atoms with Gasteiger partial charge >= 0.3 is 17.8 Å². The molecule has 1 aromatic carbocycles. The Morgan fingerprint density at radius 3 is 2.52 bits per heavy atom. The van der Waals surface area contributed by atoms with Crippen LogP contribution in [0.25, 0.3) is 0 Å². The van der Waals surface area contributed by atoms with Gasteiger partial charge in [0.25, 0.3) is 0 Å². The van der Waals surface area contributed by atoms with Crippen LogP contribution in [0.5, 0.6) is 5.75 Å². The molecule has 0 fully saturated rings. The molecule has 0 aliphatic rings. The fraction of sp³-hybridized carbons (Fsp3) is 0.417. The van der Waals surface area contributed by atoms with Crippen molar-refractivity contribution in [3.63, 3.8) is 0 Å². The van der Waals surface area contributed by atoms with Gasteiger partial charge in [0.2, 0.25) is 0 Å². The summed E-state index contributed by atoms with van der Waals surface area (Å²) in [6.45, 7) is 2.92. The highest BCUT2D eigenvalue weighted by molar-refractivity contribution is 5.74. The summed E-state index contributed by atoms with van der Waals surface area (Å²) in [5.41, 5.74) is -2.05. The molecule has 6 nitrogen and oxygen atoms in total. The van der Waals surface area contributed by atoms with Crippen molar-refractivity contribution in [2.24, 2.45) is 0 Å². The molecule has 0 saturated heterocycles. The van der Waals surface area contributed by atoms with E-state index in [4.69, 9.17) is 4.74 Å². The van der Waals surface area contributed by atoms with E-state index in [-0.39, 0.29) is 6.61 Å². The predicted molar refractivity (Wildman–Crippen MR) is 64.8 cm³/mol. The second-order valence-corrected chi connectivity index (χ2v) is 3.95. The van der Waals surface area contributed by atoms with Gasteiger partial charge < -0.3 is 9.47 Å². The first-order valence-corrected chi connectivity index (χ1v) is 5.85. The summed E-state index contributed by atoms with van der Waals surface area (Å²) in [6, 6.07) is 1.80. The lowest BCUT2D eigenvalue weighted by atomic mass is 10.2. The fourth-order valence-corrected chi connectivity index (χ4v) is 1.43. The molecular weight excluding hydrogens is 295 g/mol. The SMILES string of the molecule is CCOC(=O)C(C)Oc1ccc(C(F)(F)F)cc1[N+](=O)[O-]. The molecule has 1 atom stereocenters. The molecule has 1 unspecified atom stereocenters. The topological polar surface area (TPSA) is 78.7 Å². The Labute approximate surface area is 117 Å². The second kappa shape index (κ2) is 6.42. The molecule has 1 aromatic rings. The van der Waals surface area contributed by atoms with Gasteiger partial charge in [-0.15, -0.1) is 0 Å². The van der Waals surface area contributed by atoms with Gasteiger partial charge in [-0.1, -0.05) is 0 Å². The normalized spacial score (nSPS) is 12.6. The third-order valence-corrected chi connectivity index (χ3v) is 2.41. The standard InChI is InChI=1S/C12H12F3NO5/c1-3-20-11(17)7(2)21-10-5-4-8(12(13,14)15)6-9(10)16(18)19/h4-7H,3H2,1-2H3. The van der Waals surface area contributed by atoms with Crippen LogP contribution < -0.4 is 4.74 Å². The number of carbonyl (C=O) groups excluding carboxylic acids is 1. The second-order valence-electron chi connectivity index (χ2n) is 3.95. The van der Waals surface area contributed by atoms with E-state index >= 15 is 0 Å². The van der Waals surface area contributed by atoms with Crippen LogP contribution in [-0.2, 0) is 15.7 Å². The van der Waals surface area contributed by atoms with E-state index in [9.17, 15) is 28.1 Å². The van der Waals surface area contributed by atoms with Gasteiger partial charge in [0, 0.05) is 6.07 Å². The first kappa shape index (κ1) is 16.7. The van der Waals surface area contributed by atoms with E-state index < -0.39 is 40.2 Å². The van der Waals surface area contributed by atoms with Crippen LogP contribution in [0.1, 0.15) is 19.4 Å². The van der Waals surface area contributed by atoms with Crippen molar-refractivity contribution in [3.8, 4) is 5.75 Å². The summed E-state index contributed by atoms with van der Waals surface area (Å²) in [5, 5.41) is 10.8. The minimum Gasteiger partial charge on any atom is -0.472 e. The molecule has 0 aliphatic heterocycles. The van der Waals surface area contributed by atoms with Crippen molar-refractivity contribution in [2.75, 3.05) is 6.61 Å². The highest BCUT2D eigenvalue weighted by atomic mass is 19.4. The zero-order chi connectivity index (χ0) is 16.2. The number of benzene rings is 1. The maximum absolute atomic E-state index is 12.5. The van der Waals surface area contributed by atoms with Gasteiger partial charge in [0.1, 0.15) is 0 Å². The number of halogens is 3. The smallest absolute Gasteiger partial charge is 0.416 e. The van der Waals surface area contributed by atoms with Crippen molar-refractivity contribution in [1.82, 2.24) is 0 Å². The van der Waals surface area contributed by atoms with Crippen LogP contribution in [0, 0.1) is 10.1 Å². The van der Waals surface area contributed by atoms with Crippen molar-refractivity contribution in [3.05, 3.63) is 33.9 Å². The zero-order valence-corrected chi connectivity index (χ0v) is 11.1. The first-order valence-electron chi connectivity index (χ1n) is 5.85. The van der Waals surface area contributed by atoms with Crippen molar-refractivity contribution < 1.29 is 32.4 Å². The Bertz CT molecular complexity index is 544. The Morgan fingerprint density at radius 1 is 1.43 bits per heavy atom.